The van der Waals surface area contributed by atoms with Crippen LogP contribution in [0, 0.1) is 13.8 Å². The molecule has 0 saturated carbocycles. The molecule has 0 spiro atoms. The van der Waals surface area contributed by atoms with Gasteiger partial charge in [0, 0.05) is 34.9 Å². The smallest absolute Gasteiger partial charge is 0.256 e. The second-order valence-corrected chi connectivity index (χ2v) is 9.08. The van der Waals surface area contributed by atoms with E-state index in [0.29, 0.717) is 34.8 Å². The molecule has 3 aromatic carbocycles. The molecule has 2 N–H and O–H groups in total. The van der Waals surface area contributed by atoms with Crippen molar-refractivity contribution in [3.8, 4) is 11.5 Å². The van der Waals surface area contributed by atoms with Gasteiger partial charge in [-0.1, -0.05) is 25.1 Å². The number of hydrogen-bond acceptors (Lipinski definition) is 5. The van der Waals surface area contributed by atoms with Crippen LogP contribution in [0.1, 0.15) is 29.2 Å². The summed E-state index contributed by atoms with van der Waals surface area (Å²) in [4.78, 5) is 26.7. The van der Waals surface area contributed by atoms with Crippen LogP contribution in [-0.2, 0) is 24.3 Å². The third kappa shape index (κ3) is 5.77. The second kappa shape index (κ2) is 11.2. The summed E-state index contributed by atoms with van der Waals surface area (Å²) in [5, 5.41) is 7.02. The molecule has 1 amide bonds. The molecule has 7 heteroatoms. The van der Waals surface area contributed by atoms with E-state index in [0.717, 1.165) is 28.6 Å². The van der Waals surface area contributed by atoms with Crippen molar-refractivity contribution in [2.24, 2.45) is 0 Å². The summed E-state index contributed by atoms with van der Waals surface area (Å²) in [6.07, 6.45) is 0.963. The molecule has 4 rings (SSSR count). The third-order valence-electron chi connectivity index (χ3n) is 6.61. The van der Waals surface area contributed by atoms with Crippen LogP contribution >= 0.6 is 0 Å². The molecule has 0 bridgehead atoms. The highest BCUT2D eigenvalue weighted by Crippen LogP contribution is 2.32. The molecule has 0 atom stereocenters. The number of aryl methyl sites for hydroxylation is 3. The molecular weight excluding hydrogens is 466 g/mol. The van der Waals surface area contributed by atoms with E-state index in [4.69, 9.17) is 9.47 Å². The van der Waals surface area contributed by atoms with E-state index in [-0.39, 0.29) is 18.0 Å². The number of carbonyl (C=O) groups is 1. The maximum atomic E-state index is 13.6. The van der Waals surface area contributed by atoms with Gasteiger partial charge in [-0.3, -0.25) is 14.2 Å². The molecule has 0 fully saturated rings. The van der Waals surface area contributed by atoms with E-state index >= 15 is 0 Å². The summed E-state index contributed by atoms with van der Waals surface area (Å²) in [5.41, 5.74) is 5.97. The van der Waals surface area contributed by atoms with Gasteiger partial charge in [0.15, 0.2) is 11.5 Å². The lowest BCUT2D eigenvalue weighted by Crippen LogP contribution is -2.30. The van der Waals surface area contributed by atoms with E-state index in [1.54, 1.807) is 20.3 Å². The highest BCUT2D eigenvalue weighted by molar-refractivity contribution is 5.92. The van der Waals surface area contributed by atoms with E-state index in [2.05, 4.69) is 29.7 Å². The number of fused-ring (bicyclic) bond motifs is 1. The molecular formula is C30H33N3O4. The normalized spacial score (nSPS) is 10.8. The van der Waals surface area contributed by atoms with Gasteiger partial charge in [-0.05, 0) is 73.4 Å². The Balaban J connectivity index is 1.70. The number of aromatic nitrogens is 1. The average molecular weight is 500 g/mol. The van der Waals surface area contributed by atoms with Crippen LogP contribution in [0.25, 0.3) is 10.9 Å². The number of anilines is 2. The molecule has 0 unspecified atom stereocenters. The van der Waals surface area contributed by atoms with Gasteiger partial charge >= 0.3 is 0 Å². The van der Waals surface area contributed by atoms with Crippen molar-refractivity contribution < 1.29 is 14.3 Å². The Morgan fingerprint density at radius 3 is 2.19 bits per heavy atom. The lowest BCUT2D eigenvalue weighted by atomic mass is 10.1. The van der Waals surface area contributed by atoms with E-state index in [9.17, 15) is 9.59 Å². The SMILES string of the molecule is CCc1ccc(NCc2cc3cc(OC)c(OC)cc3n(CC(=O)Nc3ccc(C)c(C)c3)c2=O)cc1. The fraction of sp³-hybridized carbons (Fsp3) is 0.267. The maximum absolute atomic E-state index is 13.6. The van der Waals surface area contributed by atoms with Crippen LogP contribution < -0.4 is 25.7 Å². The zero-order valence-corrected chi connectivity index (χ0v) is 22.0. The first-order valence-corrected chi connectivity index (χ1v) is 12.3. The Morgan fingerprint density at radius 1 is 0.865 bits per heavy atom. The Hall–Kier alpha value is -4.26. The number of ether oxygens (including phenoxy) is 2. The van der Waals surface area contributed by atoms with Gasteiger partial charge in [0.1, 0.15) is 6.54 Å². The summed E-state index contributed by atoms with van der Waals surface area (Å²) in [5.74, 6) is 0.746. The number of pyridine rings is 1. The van der Waals surface area contributed by atoms with Crippen molar-refractivity contribution in [2.45, 2.75) is 40.3 Å². The first-order chi connectivity index (χ1) is 17.8. The lowest BCUT2D eigenvalue weighted by molar-refractivity contribution is -0.116. The van der Waals surface area contributed by atoms with Crippen molar-refractivity contribution in [2.75, 3.05) is 24.9 Å². The van der Waals surface area contributed by atoms with Crippen LogP contribution in [0.15, 0.2) is 65.5 Å². The van der Waals surface area contributed by atoms with E-state index in [1.165, 1.54) is 10.1 Å². The number of nitrogens with zero attached hydrogens (tertiary/aromatic N) is 1. The van der Waals surface area contributed by atoms with Crippen molar-refractivity contribution in [3.63, 3.8) is 0 Å². The summed E-state index contributed by atoms with van der Waals surface area (Å²) in [7, 11) is 3.11. The maximum Gasteiger partial charge on any atom is 0.256 e. The van der Waals surface area contributed by atoms with Gasteiger partial charge in [-0.2, -0.15) is 0 Å². The number of carbonyl (C=O) groups excluding carboxylic acids is 1. The Bertz CT molecular complexity index is 1490. The van der Waals surface area contributed by atoms with Gasteiger partial charge in [0.2, 0.25) is 5.91 Å². The molecule has 192 valence electrons. The number of rotatable bonds is 9. The van der Waals surface area contributed by atoms with Crippen molar-refractivity contribution in [1.82, 2.24) is 4.57 Å². The first-order valence-electron chi connectivity index (χ1n) is 12.3. The number of methoxy groups -OCH3 is 2. The first kappa shape index (κ1) is 25.8. The van der Waals surface area contributed by atoms with Gasteiger partial charge in [-0.25, -0.2) is 0 Å². The highest BCUT2D eigenvalue weighted by atomic mass is 16.5. The Kier molecular flexibility index (Phi) is 7.82. The predicted molar refractivity (Wildman–Crippen MR) is 149 cm³/mol. The van der Waals surface area contributed by atoms with Crippen molar-refractivity contribution in [1.29, 1.82) is 0 Å². The fourth-order valence-electron chi connectivity index (χ4n) is 4.27. The predicted octanol–water partition coefficient (Wildman–Crippen LogP) is 5.45. The molecule has 4 aromatic rings. The zero-order chi connectivity index (χ0) is 26.5. The average Bonchev–Trinajstić information content (AvgIpc) is 2.91. The highest BCUT2D eigenvalue weighted by Gasteiger charge is 2.16. The monoisotopic (exact) mass is 499 g/mol. The van der Waals surface area contributed by atoms with Crippen LogP contribution in [0.2, 0.25) is 0 Å². The molecule has 0 aliphatic rings. The van der Waals surface area contributed by atoms with Gasteiger partial charge in [-0.15, -0.1) is 0 Å². The molecule has 37 heavy (non-hydrogen) atoms. The quantitative estimate of drug-likeness (QED) is 0.320. The molecule has 1 heterocycles. The molecule has 0 saturated heterocycles. The third-order valence-corrected chi connectivity index (χ3v) is 6.61. The standard InChI is InChI=1S/C30H33N3O4/c1-6-21-8-11-24(12-9-21)31-17-23-14-22-15-27(36-4)28(37-5)16-26(22)33(30(23)35)18-29(34)32-25-10-7-19(2)20(3)13-25/h7-16,31H,6,17-18H2,1-5H3,(H,32,34). The molecule has 0 aliphatic carbocycles. The van der Waals surface area contributed by atoms with Crippen molar-refractivity contribution in [3.05, 3.63) is 93.3 Å². The van der Waals surface area contributed by atoms with Crippen LogP contribution in [0.3, 0.4) is 0 Å². The molecule has 0 aliphatic heterocycles. The number of benzene rings is 3. The minimum absolute atomic E-state index is 0.142. The molecule has 7 nitrogen and oxygen atoms in total. The minimum atomic E-state index is -0.290. The van der Waals surface area contributed by atoms with Crippen LogP contribution in [-0.4, -0.2) is 24.7 Å². The zero-order valence-electron chi connectivity index (χ0n) is 22.0. The molecule has 0 radical (unpaired) electrons. The molecule has 1 aromatic heterocycles. The fourth-order valence-corrected chi connectivity index (χ4v) is 4.27. The summed E-state index contributed by atoms with van der Waals surface area (Å²) >= 11 is 0. The largest absolute Gasteiger partial charge is 0.493 e. The van der Waals surface area contributed by atoms with Crippen LogP contribution in [0.4, 0.5) is 11.4 Å². The van der Waals surface area contributed by atoms with Crippen LogP contribution in [0.5, 0.6) is 11.5 Å². The lowest BCUT2D eigenvalue weighted by Gasteiger charge is -2.16. The van der Waals surface area contributed by atoms with Crippen molar-refractivity contribution >= 4 is 28.2 Å². The Morgan fingerprint density at radius 2 is 1.54 bits per heavy atom. The summed E-state index contributed by atoms with van der Waals surface area (Å²) < 4.78 is 12.4. The topological polar surface area (TPSA) is 81.6 Å². The van der Waals surface area contributed by atoms with Gasteiger partial charge in [0.25, 0.3) is 5.56 Å². The van der Waals surface area contributed by atoms with E-state index in [1.807, 2.05) is 56.3 Å². The number of hydrogen-bond donors (Lipinski definition) is 2. The summed E-state index contributed by atoms with van der Waals surface area (Å²) in [6, 6.07) is 19.3. The summed E-state index contributed by atoms with van der Waals surface area (Å²) in [6.45, 7) is 6.30. The number of amides is 1. The minimum Gasteiger partial charge on any atom is -0.493 e. The van der Waals surface area contributed by atoms with Gasteiger partial charge in [0.05, 0.1) is 19.7 Å². The second-order valence-electron chi connectivity index (χ2n) is 9.08. The van der Waals surface area contributed by atoms with E-state index < -0.39 is 0 Å². The number of nitrogens with one attached hydrogen (secondary N) is 2. The van der Waals surface area contributed by atoms with Gasteiger partial charge < -0.3 is 20.1 Å². The Labute approximate surface area is 217 Å².